The molecule has 0 unspecified atom stereocenters. The number of nitrogens with two attached hydrogens (primary N) is 2. The smallest absolute Gasteiger partial charge is 0.342 e. The molecule has 4 aromatic rings. The minimum Gasteiger partial charge on any atom is -0.375 e. The Labute approximate surface area is 199 Å². The van der Waals surface area contributed by atoms with Crippen LogP contribution in [-0.2, 0) is 32.1 Å². The van der Waals surface area contributed by atoms with Crippen LogP contribution in [0.4, 0.5) is 21.6 Å². The molecule has 2 aromatic carbocycles. The number of carbonyl (C=O) groups is 2. The van der Waals surface area contributed by atoms with Gasteiger partial charge in [-0.1, -0.05) is 24.3 Å². The zero-order chi connectivity index (χ0) is 24.2. The van der Waals surface area contributed by atoms with Crippen LogP contribution in [0.3, 0.4) is 0 Å². The average molecular weight is 501 g/mol. The predicted molar refractivity (Wildman–Crippen MR) is 126 cm³/mol. The molecule has 0 atom stereocenters. The number of carbonyl (C=O) groups excluding carboxylic acids is 2. The van der Waals surface area contributed by atoms with Gasteiger partial charge in [0.05, 0.1) is 29.2 Å². The third-order valence-electron chi connectivity index (χ3n) is 4.42. The average Bonchev–Trinajstić information content (AvgIpc) is 3.39. The van der Waals surface area contributed by atoms with Gasteiger partial charge in [0.25, 0.3) is 5.69 Å². The van der Waals surface area contributed by atoms with Crippen molar-refractivity contribution in [1.29, 1.82) is 0 Å². The number of rotatable bonds is 8. The van der Waals surface area contributed by atoms with Gasteiger partial charge >= 0.3 is 11.9 Å². The highest BCUT2D eigenvalue weighted by atomic mass is 32.1. The van der Waals surface area contributed by atoms with Crippen LogP contribution in [0.1, 0.15) is 11.4 Å². The number of nitrogens with zero attached hydrogens (tertiary/aromatic N) is 4. The fourth-order valence-corrected chi connectivity index (χ4v) is 4.17. The molecule has 0 aliphatic carbocycles. The summed E-state index contributed by atoms with van der Waals surface area (Å²) in [6, 6.07) is 9.44. The van der Waals surface area contributed by atoms with Crippen LogP contribution in [0.2, 0.25) is 0 Å². The van der Waals surface area contributed by atoms with Gasteiger partial charge in [-0.25, -0.2) is 19.6 Å². The summed E-state index contributed by atoms with van der Waals surface area (Å²) in [5.74, 6) is -1.75. The molecule has 0 fully saturated rings. The summed E-state index contributed by atoms with van der Waals surface area (Å²) in [5.41, 5.74) is 11.2. The molecule has 2 aromatic heterocycles. The van der Waals surface area contributed by atoms with E-state index in [1.807, 2.05) is 0 Å². The van der Waals surface area contributed by atoms with Gasteiger partial charge in [0, 0.05) is 22.2 Å². The predicted octanol–water partition coefficient (Wildman–Crippen LogP) is 3.03. The van der Waals surface area contributed by atoms with E-state index in [0.29, 0.717) is 27.4 Å². The summed E-state index contributed by atoms with van der Waals surface area (Å²) in [5, 5.41) is 16.8. The highest BCUT2D eigenvalue weighted by Crippen LogP contribution is 2.37. The summed E-state index contributed by atoms with van der Waals surface area (Å²) in [4.78, 5) is 54.9. The summed E-state index contributed by atoms with van der Waals surface area (Å²) < 4.78 is 0. The number of fused-ring (bicyclic) bond motifs is 1. The first kappa shape index (κ1) is 22.9. The molecule has 0 spiro atoms. The maximum Gasteiger partial charge on any atom is 0.342 e. The summed E-state index contributed by atoms with van der Waals surface area (Å²) in [7, 11) is 0. The van der Waals surface area contributed by atoms with Crippen LogP contribution < -0.4 is 16.7 Å². The van der Waals surface area contributed by atoms with Crippen molar-refractivity contribution >= 4 is 67.0 Å². The minimum absolute atomic E-state index is 0.222. The van der Waals surface area contributed by atoms with E-state index in [0.717, 1.165) is 22.7 Å². The number of anilines is 3. The van der Waals surface area contributed by atoms with Crippen LogP contribution >= 0.6 is 22.7 Å². The van der Waals surface area contributed by atoms with Crippen LogP contribution in [0.25, 0.3) is 10.8 Å². The van der Waals surface area contributed by atoms with E-state index in [9.17, 15) is 19.7 Å². The highest BCUT2D eigenvalue weighted by Gasteiger charge is 2.30. The molecule has 0 bridgehead atoms. The number of nitro benzene ring substituents is 1. The normalized spacial score (nSPS) is 10.7. The Morgan fingerprint density at radius 3 is 2.00 bits per heavy atom. The summed E-state index contributed by atoms with van der Waals surface area (Å²) in [6.45, 7) is 0. The molecule has 0 saturated carbocycles. The van der Waals surface area contributed by atoms with Crippen LogP contribution in [0.5, 0.6) is 0 Å². The van der Waals surface area contributed by atoms with Gasteiger partial charge in [0.15, 0.2) is 10.3 Å². The quantitative estimate of drug-likeness (QED) is 0.268. The van der Waals surface area contributed by atoms with E-state index < -0.39 is 22.5 Å². The minimum atomic E-state index is -0.877. The Bertz CT molecular complexity index is 1330. The van der Waals surface area contributed by atoms with Gasteiger partial charge in [0.1, 0.15) is 0 Å². The number of benzene rings is 2. The lowest BCUT2D eigenvalue weighted by atomic mass is 10.1. The first-order valence-electron chi connectivity index (χ1n) is 9.58. The molecular formula is C20H16N6O6S2. The van der Waals surface area contributed by atoms with Gasteiger partial charge < -0.3 is 21.1 Å². The molecule has 0 amide bonds. The molecule has 0 saturated heterocycles. The zero-order valence-electron chi connectivity index (χ0n) is 17.2. The largest absolute Gasteiger partial charge is 0.375 e. The highest BCUT2D eigenvalue weighted by molar-refractivity contribution is 7.13. The molecule has 12 nitrogen and oxygen atoms in total. The van der Waals surface area contributed by atoms with E-state index in [4.69, 9.17) is 21.1 Å². The Morgan fingerprint density at radius 1 is 0.941 bits per heavy atom. The molecule has 4 N–H and O–H groups in total. The van der Waals surface area contributed by atoms with E-state index >= 15 is 0 Å². The lowest BCUT2D eigenvalue weighted by Gasteiger charge is -2.22. The first-order valence-corrected chi connectivity index (χ1v) is 11.3. The fraction of sp³-hybridized carbons (Fsp3) is 0.100. The molecule has 0 aliphatic heterocycles. The third-order valence-corrected chi connectivity index (χ3v) is 5.86. The number of hydrogen-bond acceptors (Lipinski definition) is 13. The number of aromatic nitrogens is 2. The Balaban J connectivity index is 1.69. The lowest BCUT2D eigenvalue weighted by molar-refractivity contribution is -0.384. The van der Waals surface area contributed by atoms with Crippen LogP contribution in [0, 0.1) is 10.1 Å². The number of thiazole rings is 2. The first-order chi connectivity index (χ1) is 16.3. The summed E-state index contributed by atoms with van der Waals surface area (Å²) >= 11 is 2.28. The molecule has 34 heavy (non-hydrogen) atoms. The molecule has 2 heterocycles. The fourth-order valence-electron chi connectivity index (χ4n) is 3.05. The van der Waals surface area contributed by atoms with Crippen molar-refractivity contribution in [2.24, 2.45) is 0 Å². The van der Waals surface area contributed by atoms with Crippen molar-refractivity contribution in [1.82, 2.24) is 9.97 Å². The summed E-state index contributed by atoms with van der Waals surface area (Å²) in [6.07, 6.45) is -0.605. The molecular weight excluding hydrogens is 484 g/mol. The van der Waals surface area contributed by atoms with E-state index in [1.165, 1.54) is 12.1 Å². The Hall–Kier alpha value is -4.30. The van der Waals surface area contributed by atoms with Crippen molar-refractivity contribution < 1.29 is 24.2 Å². The van der Waals surface area contributed by atoms with Crippen molar-refractivity contribution in [3.8, 4) is 0 Å². The second kappa shape index (κ2) is 9.68. The maximum absolute atomic E-state index is 12.6. The van der Waals surface area contributed by atoms with E-state index in [2.05, 4.69) is 9.97 Å². The molecule has 0 aliphatic rings. The SMILES string of the molecule is Nc1nc(CC(=O)ON(OC(=O)Cc2csc(N)n2)c2c([N+](=O)[O-])ccc3ccccc23)cs1. The second-order valence-electron chi connectivity index (χ2n) is 6.80. The van der Waals surface area contributed by atoms with Crippen LogP contribution in [-0.4, -0.2) is 26.8 Å². The van der Waals surface area contributed by atoms with Crippen molar-refractivity contribution in [2.75, 3.05) is 16.7 Å². The molecule has 0 radical (unpaired) electrons. The standard InChI is InChI=1S/C20H16N6O6S2/c21-19-23-12(9-33-19)7-16(27)31-26(32-17(28)8-13-10-34-20(22)24-13)18-14-4-2-1-3-11(14)5-6-15(18)25(29)30/h1-6,9-10H,7-8H2,(H2,21,23)(H2,22,24). The van der Waals surface area contributed by atoms with Gasteiger partial charge in [-0.15, -0.1) is 22.7 Å². The van der Waals surface area contributed by atoms with Crippen LogP contribution in [0.15, 0.2) is 47.2 Å². The molecule has 4 rings (SSSR count). The third kappa shape index (κ3) is 5.19. The topological polar surface area (TPSA) is 177 Å². The van der Waals surface area contributed by atoms with Crippen molar-refractivity contribution in [3.05, 3.63) is 68.7 Å². The maximum atomic E-state index is 12.6. The van der Waals surface area contributed by atoms with Gasteiger partial charge in [0.2, 0.25) is 5.69 Å². The monoisotopic (exact) mass is 500 g/mol. The zero-order valence-corrected chi connectivity index (χ0v) is 18.9. The second-order valence-corrected chi connectivity index (χ2v) is 8.58. The van der Waals surface area contributed by atoms with E-state index in [1.54, 1.807) is 35.0 Å². The Morgan fingerprint density at radius 2 is 1.50 bits per heavy atom. The lowest BCUT2D eigenvalue weighted by Crippen LogP contribution is -2.32. The van der Waals surface area contributed by atoms with Gasteiger partial charge in [-0.3, -0.25) is 10.1 Å². The molecule has 14 heteroatoms. The number of nitrogen functional groups attached to an aromatic ring is 2. The van der Waals surface area contributed by atoms with Gasteiger partial charge in [-0.05, 0) is 16.7 Å². The number of hydrogen-bond donors (Lipinski definition) is 2. The number of nitro groups is 1. The molecule has 174 valence electrons. The van der Waals surface area contributed by atoms with Crippen molar-refractivity contribution in [3.63, 3.8) is 0 Å². The Kier molecular flexibility index (Phi) is 6.51. The van der Waals surface area contributed by atoms with Crippen molar-refractivity contribution in [2.45, 2.75) is 12.8 Å². The van der Waals surface area contributed by atoms with E-state index in [-0.39, 0.29) is 28.8 Å². The van der Waals surface area contributed by atoms with Gasteiger partial charge in [-0.2, -0.15) is 0 Å².